The lowest BCUT2D eigenvalue weighted by molar-refractivity contribution is -0.139. The van der Waals surface area contributed by atoms with Gasteiger partial charge in [-0.25, -0.2) is 18.0 Å². The number of nitrogens with one attached hydrogen (secondary N) is 1. The molecule has 2 amide bonds. The van der Waals surface area contributed by atoms with E-state index in [-0.39, 0.29) is 29.0 Å². The van der Waals surface area contributed by atoms with E-state index in [9.17, 15) is 18.0 Å². The lowest BCUT2D eigenvalue weighted by Crippen LogP contribution is -2.56. The molecular formula is C31H42N4O5S. The van der Waals surface area contributed by atoms with Gasteiger partial charge < -0.3 is 10.1 Å². The highest BCUT2D eigenvalue weighted by atomic mass is 32.2. The summed E-state index contributed by atoms with van der Waals surface area (Å²) in [5, 5.41) is 3.02. The average molecular weight is 583 g/mol. The molecule has 0 unspecified atom stereocenters. The van der Waals surface area contributed by atoms with Crippen LogP contribution < -0.4 is 5.32 Å². The third-order valence-corrected chi connectivity index (χ3v) is 9.76. The molecule has 0 bridgehead atoms. The molecule has 9 nitrogen and oxygen atoms in total. The Labute approximate surface area is 244 Å². The van der Waals surface area contributed by atoms with Gasteiger partial charge in [-0.05, 0) is 49.4 Å². The molecule has 1 N–H and O–H groups in total. The predicted octanol–water partition coefficient (Wildman–Crippen LogP) is 4.28. The summed E-state index contributed by atoms with van der Waals surface area (Å²) in [4.78, 5) is 30.8. The van der Waals surface area contributed by atoms with Crippen molar-refractivity contribution in [3.63, 3.8) is 0 Å². The van der Waals surface area contributed by atoms with Crippen LogP contribution in [0.1, 0.15) is 58.7 Å². The average Bonchev–Trinajstić information content (AvgIpc) is 2.93. The van der Waals surface area contributed by atoms with Crippen molar-refractivity contribution in [2.24, 2.45) is 0 Å². The smallest absolute Gasteiger partial charge is 0.338 e. The molecule has 222 valence electrons. The molecule has 1 saturated heterocycles. The number of piperazine rings is 1. The standard InChI is InChI=1S/C31H42N4O5S/c1-7-34-26(21-33-18-19-35(22(3)20-33)41(38,39)25-12-10-9-11-13-25)27(29(36)40-8-2)28(32-30(34)37)23-14-16-24(17-15-23)31(4,5)6/h9-17,22,28H,7-8,18-21H2,1-6H3,(H,32,37)/t22-,28-/m1/s1. The van der Waals surface area contributed by atoms with E-state index in [0.717, 1.165) is 11.1 Å². The van der Waals surface area contributed by atoms with Crippen LogP contribution in [0.4, 0.5) is 4.79 Å². The van der Waals surface area contributed by atoms with E-state index in [1.807, 2.05) is 38.1 Å². The Morgan fingerprint density at radius 1 is 1.02 bits per heavy atom. The van der Waals surface area contributed by atoms with Crippen molar-refractivity contribution in [1.29, 1.82) is 0 Å². The summed E-state index contributed by atoms with van der Waals surface area (Å²) >= 11 is 0. The summed E-state index contributed by atoms with van der Waals surface area (Å²) in [7, 11) is -3.64. The van der Waals surface area contributed by atoms with E-state index in [4.69, 9.17) is 4.74 Å². The van der Waals surface area contributed by atoms with E-state index in [1.165, 1.54) is 4.31 Å². The minimum Gasteiger partial charge on any atom is -0.463 e. The number of urea groups is 1. The highest BCUT2D eigenvalue weighted by molar-refractivity contribution is 7.89. The van der Waals surface area contributed by atoms with Crippen LogP contribution in [0.2, 0.25) is 0 Å². The van der Waals surface area contributed by atoms with Gasteiger partial charge in [0.1, 0.15) is 0 Å². The summed E-state index contributed by atoms with van der Waals surface area (Å²) in [6, 6.07) is 15.2. The number of esters is 1. The van der Waals surface area contributed by atoms with Crippen molar-refractivity contribution in [3.8, 4) is 0 Å². The SMILES string of the molecule is CCOC(=O)C1=C(CN2CCN(S(=O)(=O)c3ccccc3)[C@H](C)C2)N(CC)C(=O)N[C@@H]1c1ccc(C(C)(C)C)cc1. The number of nitrogens with zero attached hydrogens (tertiary/aromatic N) is 3. The molecule has 0 spiro atoms. The molecular weight excluding hydrogens is 540 g/mol. The largest absolute Gasteiger partial charge is 0.463 e. The van der Waals surface area contributed by atoms with Crippen LogP contribution in [0.25, 0.3) is 0 Å². The van der Waals surface area contributed by atoms with Gasteiger partial charge in [-0.3, -0.25) is 9.80 Å². The minimum absolute atomic E-state index is 0.0366. The molecule has 10 heteroatoms. The van der Waals surface area contributed by atoms with Crippen LogP contribution in [-0.2, 0) is 25.0 Å². The Morgan fingerprint density at radius 2 is 1.68 bits per heavy atom. The van der Waals surface area contributed by atoms with Crippen molar-refractivity contribution in [2.75, 3.05) is 39.3 Å². The van der Waals surface area contributed by atoms with E-state index >= 15 is 0 Å². The van der Waals surface area contributed by atoms with Crippen molar-refractivity contribution >= 4 is 22.0 Å². The van der Waals surface area contributed by atoms with Crippen LogP contribution in [0.5, 0.6) is 0 Å². The number of carbonyl (C=O) groups is 2. The predicted molar refractivity (Wildman–Crippen MR) is 159 cm³/mol. The zero-order valence-electron chi connectivity index (χ0n) is 24.9. The van der Waals surface area contributed by atoms with Gasteiger partial charge in [-0.15, -0.1) is 0 Å². The molecule has 0 aromatic heterocycles. The number of amides is 2. The van der Waals surface area contributed by atoms with Gasteiger partial charge in [0.05, 0.1) is 23.1 Å². The second-order valence-corrected chi connectivity index (χ2v) is 13.5. The number of likely N-dealkylation sites (N-methyl/N-ethyl adjacent to an activating group) is 1. The van der Waals surface area contributed by atoms with Crippen LogP contribution in [0, 0.1) is 0 Å². The van der Waals surface area contributed by atoms with Gasteiger partial charge in [-0.2, -0.15) is 4.31 Å². The first-order chi connectivity index (χ1) is 19.4. The molecule has 41 heavy (non-hydrogen) atoms. The highest BCUT2D eigenvalue weighted by Gasteiger charge is 2.40. The Hall–Kier alpha value is -3.21. The van der Waals surface area contributed by atoms with E-state index < -0.39 is 22.0 Å². The lowest BCUT2D eigenvalue weighted by atomic mass is 9.85. The number of carbonyl (C=O) groups excluding carboxylic acids is 2. The summed E-state index contributed by atoms with van der Waals surface area (Å²) in [6.07, 6.45) is 0. The van der Waals surface area contributed by atoms with Crippen molar-refractivity contribution < 1.29 is 22.7 Å². The van der Waals surface area contributed by atoms with Crippen LogP contribution in [0.15, 0.2) is 70.8 Å². The van der Waals surface area contributed by atoms with Crippen molar-refractivity contribution in [1.82, 2.24) is 19.4 Å². The van der Waals surface area contributed by atoms with Gasteiger partial charge in [0.15, 0.2) is 0 Å². The first-order valence-electron chi connectivity index (χ1n) is 14.3. The fourth-order valence-corrected chi connectivity index (χ4v) is 7.17. The zero-order chi connectivity index (χ0) is 29.9. The van der Waals surface area contributed by atoms with Gasteiger partial charge in [0, 0.05) is 44.5 Å². The Balaban J connectivity index is 1.67. The molecule has 2 aliphatic rings. The maximum atomic E-state index is 13.5. The number of ether oxygens (including phenoxy) is 1. The van der Waals surface area contributed by atoms with Crippen LogP contribution in [-0.4, -0.2) is 79.9 Å². The topological polar surface area (TPSA) is 99.3 Å². The highest BCUT2D eigenvalue weighted by Crippen LogP contribution is 2.34. The first-order valence-corrected chi connectivity index (χ1v) is 15.7. The summed E-state index contributed by atoms with van der Waals surface area (Å²) < 4.78 is 33.7. The Kier molecular flexibility index (Phi) is 9.25. The minimum atomic E-state index is -3.64. The quantitative estimate of drug-likeness (QED) is 0.467. The molecule has 2 aromatic carbocycles. The molecule has 0 radical (unpaired) electrons. The molecule has 1 fully saturated rings. The lowest BCUT2D eigenvalue weighted by Gasteiger charge is -2.42. The van der Waals surface area contributed by atoms with Gasteiger partial charge in [0.2, 0.25) is 10.0 Å². The molecule has 4 rings (SSSR count). The Bertz CT molecular complexity index is 1380. The number of hydrogen-bond acceptors (Lipinski definition) is 6. The molecule has 0 saturated carbocycles. The van der Waals surface area contributed by atoms with E-state index in [1.54, 1.807) is 42.2 Å². The summed E-state index contributed by atoms with van der Waals surface area (Å²) in [5.41, 5.74) is 2.91. The fourth-order valence-electron chi connectivity index (χ4n) is 5.54. The van der Waals surface area contributed by atoms with Gasteiger partial charge >= 0.3 is 12.0 Å². The second kappa shape index (κ2) is 12.3. The maximum Gasteiger partial charge on any atom is 0.338 e. The summed E-state index contributed by atoms with van der Waals surface area (Å²) in [6.45, 7) is 14.0. The molecule has 0 aliphatic carbocycles. The summed E-state index contributed by atoms with van der Waals surface area (Å²) in [5.74, 6) is -0.468. The van der Waals surface area contributed by atoms with Crippen LogP contribution in [0.3, 0.4) is 0 Å². The molecule has 2 aromatic rings. The second-order valence-electron chi connectivity index (χ2n) is 11.6. The van der Waals surface area contributed by atoms with Crippen molar-refractivity contribution in [3.05, 3.63) is 77.0 Å². The normalized spacial score (nSPS) is 21.1. The molecule has 2 atom stereocenters. The number of rotatable bonds is 8. The van der Waals surface area contributed by atoms with Crippen molar-refractivity contribution in [2.45, 2.75) is 63.9 Å². The number of hydrogen-bond donors (Lipinski definition) is 1. The maximum absolute atomic E-state index is 13.5. The van der Waals surface area contributed by atoms with Crippen LogP contribution >= 0.6 is 0 Å². The van der Waals surface area contributed by atoms with Gasteiger partial charge in [-0.1, -0.05) is 63.2 Å². The number of sulfonamides is 1. The van der Waals surface area contributed by atoms with E-state index in [0.29, 0.717) is 44.0 Å². The third kappa shape index (κ3) is 6.50. The fraction of sp³-hybridized carbons (Fsp3) is 0.484. The zero-order valence-corrected chi connectivity index (χ0v) is 25.7. The molecule has 2 aliphatic heterocycles. The Morgan fingerprint density at radius 3 is 2.24 bits per heavy atom. The van der Waals surface area contributed by atoms with Gasteiger partial charge in [0.25, 0.3) is 0 Å². The first kappa shape index (κ1) is 30.7. The number of benzene rings is 2. The molecule has 2 heterocycles. The monoisotopic (exact) mass is 582 g/mol. The third-order valence-electron chi connectivity index (χ3n) is 7.73. The van der Waals surface area contributed by atoms with E-state index in [2.05, 4.69) is 31.0 Å².